The number of esters is 1. The number of aliphatic hydroxyl groups is 1. The van der Waals surface area contributed by atoms with Gasteiger partial charge in [-0.1, -0.05) is 67.1 Å². The fourth-order valence-corrected chi connectivity index (χ4v) is 8.87. The van der Waals surface area contributed by atoms with Crippen LogP contribution in [0.4, 0.5) is 9.18 Å². The molecule has 5 aromatic rings. The third-order valence-corrected chi connectivity index (χ3v) is 12.8. The third kappa shape index (κ3) is 8.99. The van der Waals surface area contributed by atoms with Crippen LogP contribution in [0.15, 0.2) is 71.5 Å². The molecule has 2 aliphatic heterocycles. The van der Waals surface area contributed by atoms with Gasteiger partial charge in [0.1, 0.15) is 50.5 Å². The lowest BCUT2D eigenvalue weighted by atomic mass is 9.86. The Balaban J connectivity index is 0.798. The first-order valence-electron chi connectivity index (χ1n) is 21.8. The molecule has 68 heavy (non-hydrogen) atoms. The highest BCUT2D eigenvalue weighted by Gasteiger charge is 2.45. The Labute approximate surface area is 392 Å². The van der Waals surface area contributed by atoms with Crippen LogP contribution in [0.25, 0.3) is 33.4 Å². The molecule has 8 rings (SSSR count). The molecule has 6 N–H and O–H groups in total. The lowest BCUT2D eigenvalue weighted by Gasteiger charge is -2.31. The van der Waals surface area contributed by atoms with Crippen molar-refractivity contribution in [3.8, 4) is 22.5 Å². The zero-order chi connectivity index (χ0) is 48.6. The molecule has 0 spiro atoms. The Kier molecular flexibility index (Phi) is 13.3. The Hall–Kier alpha value is -7.22. The molecular weight excluding hydrogens is 905 g/mol. The maximum absolute atomic E-state index is 14.7. The van der Waals surface area contributed by atoms with Gasteiger partial charge in [0.15, 0.2) is 5.60 Å². The lowest BCUT2D eigenvalue weighted by molar-refractivity contribution is -0.172. The van der Waals surface area contributed by atoms with Crippen LogP contribution < -0.4 is 32.1 Å². The average molecular weight is 952 g/mol. The molecule has 0 radical (unpaired) electrons. The van der Waals surface area contributed by atoms with Crippen LogP contribution in [0.3, 0.4) is 0 Å². The predicted octanol–water partition coefficient (Wildman–Crippen LogP) is 3.52. The fraction of sp³-hybridized carbons (Fsp3) is 0.333. The summed E-state index contributed by atoms with van der Waals surface area (Å²) in [5.74, 6) is -4.41. The minimum absolute atomic E-state index is 0.000801. The van der Waals surface area contributed by atoms with E-state index in [2.05, 4.69) is 31.6 Å². The highest BCUT2D eigenvalue weighted by atomic mass is 35.5. The Morgan fingerprint density at radius 3 is 2.19 bits per heavy atom. The Morgan fingerprint density at radius 2 is 1.53 bits per heavy atom. The van der Waals surface area contributed by atoms with E-state index in [1.54, 1.807) is 6.92 Å². The summed E-state index contributed by atoms with van der Waals surface area (Å²) in [6.45, 7) is 4.50. The number of halogens is 2. The summed E-state index contributed by atoms with van der Waals surface area (Å²) >= 11 is 6.17. The third-order valence-electron chi connectivity index (χ3n) is 12.5. The number of hydrogen-bond acceptors (Lipinski definition) is 12. The predicted molar refractivity (Wildman–Crippen MR) is 243 cm³/mol. The van der Waals surface area contributed by atoms with Crippen molar-refractivity contribution >= 4 is 58.2 Å². The number of aromatic nitrogens is 2. The first-order valence-corrected chi connectivity index (χ1v) is 22.2. The summed E-state index contributed by atoms with van der Waals surface area (Å²) in [6, 6.07) is 16.5. The first-order chi connectivity index (χ1) is 32.5. The summed E-state index contributed by atoms with van der Waals surface area (Å²) < 4.78 is 32.2. The number of nitrogens with one attached hydrogen (secondary N) is 5. The van der Waals surface area contributed by atoms with Crippen molar-refractivity contribution < 1.29 is 52.5 Å². The summed E-state index contributed by atoms with van der Waals surface area (Å²) in [4.78, 5) is 95.3. The number of carbonyl (C=O) groups is 6. The molecule has 2 aromatic heterocycles. The van der Waals surface area contributed by atoms with E-state index < -0.39 is 84.1 Å². The molecule has 1 aliphatic carbocycles. The van der Waals surface area contributed by atoms with Crippen LogP contribution in [-0.4, -0.2) is 88.4 Å². The molecule has 3 aliphatic rings. The van der Waals surface area contributed by atoms with Crippen molar-refractivity contribution in [2.75, 3.05) is 19.9 Å². The maximum atomic E-state index is 14.7. The molecule has 0 fully saturated rings. The average Bonchev–Trinajstić information content (AvgIpc) is 3.85. The summed E-state index contributed by atoms with van der Waals surface area (Å²) in [6.07, 6.45) is -0.865. The van der Waals surface area contributed by atoms with Crippen molar-refractivity contribution in [2.24, 2.45) is 0 Å². The van der Waals surface area contributed by atoms with Gasteiger partial charge < -0.3 is 50.5 Å². The van der Waals surface area contributed by atoms with Gasteiger partial charge in [0.2, 0.25) is 23.6 Å². The van der Waals surface area contributed by atoms with Crippen molar-refractivity contribution in [1.29, 1.82) is 0 Å². The molecule has 4 atom stereocenters. The monoisotopic (exact) mass is 951 g/mol. The second-order valence-corrected chi connectivity index (χ2v) is 17.2. The van der Waals surface area contributed by atoms with E-state index >= 15 is 0 Å². The highest BCUT2D eigenvalue weighted by Crippen LogP contribution is 2.45. The van der Waals surface area contributed by atoms with Crippen LogP contribution >= 0.6 is 11.6 Å². The van der Waals surface area contributed by atoms with Crippen LogP contribution in [0.5, 0.6) is 0 Å². The number of ether oxygens (including phenoxy) is 3. The van der Waals surface area contributed by atoms with Gasteiger partial charge in [-0.05, 0) is 67.1 Å². The first kappa shape index (κ1) is 47.3. The van der Waals surface area contributed by atoms with Gasteiger partial charge in [0.25, 0.3) is 5.56 Å². The van der Waals surface area contributed by atoms with Crippen LogP contribution in [-0.2, 0) is 63.5 Å². The van der Waals surface area contributed by atoms with E-state index in [1.807, 2.05) is 48.5 Å². The summed E-state index contributed by atoms with van der Waals surface area (Å²) in [7, 11) is 0. The second kappa shape index (κ2) is 19.2. The molecule has 20 heteroatoms. The van der Waals surface area contributed by atoms with Gasteiger partial charge in [-0.3, -0.25) is 24.0 Å². The van der Waals surface area contributed by atoms with Crippen LogP contribution in [0, 0.1) is 5.82 Å². The van der Waals surface area contributed by atoms with E-state index in [4.69, 9.17) is 25.8 Å². The number of pyridine rings is 2. The molecule has 0 saturated carbocycles. The number of rotatable bonds is 15. The van der Waals surface area contributed by atoms with Gasteiger partial charge in [0, 0.05) is 35.0 Å². The van der Waals surface area contributed by atoms with E-state index in [1.165, 1.54) is 37.5 Å². The zero-order valence-corrected chi connectivity index (χ0v) is 38.0. The van der Waals surface area contributed by atoms with E-state index in [9.17, 15) is 43.1 Å². The number of amides is 5. The lowest BCUT2D eigenvalue weighted by Crippen LogP contribution is -2.54. The number of alkyl carbamates (subject to hydrolysis) is 1. The van der Waals surface area contributed by atoms with E-state index in [0.29, 0.717) is 16.5 Å². The zero-order valence-electron chi connectivity index (χ0n) is 37.3. The van der Waals surface area contributed by atoms with Crippen LogP contribution in [0.1, 0.15) is 73.4 Å². The molecule has 0 unspecified atom stereocenters. The number of nitrogens with zero attached hydrogens (tertiary/aromatic N) is 2. The van der Waals surface area contributed by atoms with Crippen molar-refractivity contribution in [2.45, 2.75) is 83.5 Å². The largest absolute Gasteiger partial charge is 0.458 e. The van der Waals surface area contributed by atoms with Gasteiger partial charge in [-0.15, -0.1) is 0 Å². The molecular formula is C48H47ClFN7O11. The number of cyclic esters (lactones) is 1. The van der Waals surface area contributed by atoms with E-state index in [-0.39, 0.29) is 71.7 Å². The molecule has 0 saturated heterocycles. The second-order valence-electron chi connectivity index (χ2n) is 16.8. The molecule has 5 amide bonds. The summed E-state index contributed by atoms with van der Waals surface area (Å²) in [5, 5.41) is 24.1. The molecule has 0 bridgehead atoms. The standard InChI is InChI=1S/C48H47ClFN7O11/c1-5-48(65)35-15-39-41-32(18-57(39)45(62)34(35)20-67-46(48)63)31(30-14-36(49)37(50)16-38(30)56-41)17-51-40(58)21-66-22-52-42(59)23(2)53-43(60)24(3)54-44(61)25(4)55-47(64)68-19-33-28-12-8-6-10-26(28)27-11-7-9-13-29(27)33/h6-16,23-25,33,65H,5,17-22H2,1-4H3,(H,51,58)(H,52,59)(H,53,60)(H,54,61)(H,55,64)/t23-,24-,25-,48-/m0/s1. The highest BCUT2D eigenvalue weighted by molar-refractivity contribution is 6.31. The van der Waals surface area contributed by atoms with Crippen molar-refractivity contribution in [1.82, 2.24) is 36.1 Å². The SMILES string of the molecule is CC[C@@]1(O)C(=O)OCc2c1cc1n(c2=O)Cc2c-1nc1cc(F)c(Cl)cc1c2CNC(=O)COCNC(=O)[C@H](C)NC(=O)[C@H](C)NC(=O)[C@H](C)NC(=O)OCC1c2ccccc2-c2ccccc21. The molecule has 3 aromatic carbocycles. The van der Waals surface area contributed by atoms with Crippen molar-refractivity contribution in [3.05, 3.63) is 121 Å². The number of fused-ring (bicyclic) bond motifs is 8. The van der Waals surface area contributed by atoms with Crippen LogP contribution in [0.2, 0.25) is 5.02 Å². The summed E-state index contributed by atoms with van der Waals surface area (Å²) in [5.41, 5.74) is 3.62. The van der Waals surface area contributed by atoms with Gasteiger partial charge in [-0.25, -0.2) is 19.0 Å². The minimum atomic E-state index is -2.06. The number of hydrogen-bond donors (Lipinski definition) is 6. The molecule has 18 nitrogen and oxygen atoms in total. The quantitative estimate of drug-likeness (QED) is 0.0492. The maximum Gasteiger partial charge on any atom is 0.407 e. The minimum Gasteiger partial charge on any atom is -0.458 e. The number of benzene rings is 3. The van der Waals surface area contributed by atoms with Crippen molar-refractivity contribution in [3.63, 3.8) is 0 Å². The smallest absolute Gasteiger partial charge is 0.407 e. The molecule has 4 heterocycles. The topological polar surface area (TPSA) is 245 Å². The normalized spacial score (nSPS) is 16.7. The fourth-order valence-electron chi connectivity index (χ4n) is 8.71. The van der Waals surface area contributed by atoms with E-state index in [0.717, 1.165) is 28.3 Å². The van der Waals surface area contributed by atoms with Gasteiger partial charge >= 0.3 is 12.1 Å². The number of carbonyl (C=O) groups excluding carboxylic acids is 6. The molecule has 354 valence electrons. The Bertz CT molecular complexity index is 2940. The Morgan fingerprint density at radius 1 is 0.897 bits per heavy atom. The van der Waals surface area contributed by atoms with Gasteiger partial charge in [0.05, 0.1) is 34.0 Å². The van der Waals surface area contributed by atoms with Gasteiger partial charge in [-0.2, -0.15) is 0 Å².